The Morgan fingerprint density at radius 1 is 0.759 bits per heavy atom. The molecule has 280 valence electrons. The number of para-hydroxylation sites is 1. The van der Waals surface area contributed by atoms with Crippen molar-refractivity contribution in [2.24, 2.45) is 0 Å². The Morgan fingerprint density at radius 2 is 1.46 bits per heavy atom. The Morgan fingerprint density at radius 3 is 2.13 bits per heavy atom. The summed E-state index contributed by atoms with van der Waals surface area (Å²) in [5.74, 6) is 2.41. The van der Waals surface area contributed by atoms with E-state index in [1.807, 2.05) is 12.3 Å². The molecule has 0 radical (unpaired) electrons. The zero-order valence-corrected chi connectivity index (χ0v) is 35.9. The van der Waals surface area contributed by atoms with Crippen molar-refractivity contribution in [2.75, 3.05) is 0 Å². The van der Waals surface area contributed by atoms with Crippen LogP contribution in [-0.4, -0.2) is 19.3 Å². The second-order valence-corrected chi connectivity index (χ2v) is 16.8. The van der Waals surface area contributed by atoms with Crippen LogP contribution in [0.5, 0.6) is 11.5 Å². The molecule has 0 saturated carbocycles. The summed E-state index contributed by atoms with van der Waals surface area (Å²) in [6, 6.07) is 35.2. The summed E-state index contributed by atoms with van der Waals surface area (Å²) >= 11 is 0. The Balaban J connectivity index is 0.00000497. The first-order valence-corrected chi connectivity index (χ1v) is 19.0. The molecule has 7 aromatic rings. The summed E-state index contributed by atoms with van der Waals surface area (Å²) in [7, 11) is 0. The standard InChI is InChI=1S/C48H52N4O.Pt/c1-12-16-33-23-24-49-44(25-33)51-42-20-14-13-17-38(42)39-22-21-36(29-43(39)51)53-37-27-34(30(2)3)26-35(28-37)52-32(5)45(31(4)50-52)46-40(47(6,7)8)18-15-19-41(46)48(9,10)11;/h13-15,17-27,30H,12,16H2,1-11H3;/q-2;+2. The molecule has 0 aliphatic carbocycles. The first-order valence-electron chi connectivity index (χ1n) is 19.0. The van der Waals surface area contributed by atoms with Crippen molar-refractivity contribution in [3.63, 3.8) is 0 Å². The minimum Gasteiger partial charge on any atom is -0.509 e. The summed E-state index contributed by atoms with van der Waals surface area (Å²) in [6.07, 6.45) is 3.99. The van der Waals surface area contributed by atoms with E-state index in [0.717, 1.165) is 63.1 Å². The molecule has 0 atom stereocenters. The monoisotopic (exact) mass is 895 g/mol. The van der Waals surface area contributed by atoms with Crippen molar-refractivity contribution in [1.29, 1.82) is 0 Å². The Hall–Kier alpha value is -4.47. The second-order valence-electron chi connectivity index (χ2n) is 16.8. The van der Waals surface area contributed by atoms with Crippen LogP contribution in [0.15, 0.2) is 85.1 Å². The molecular weight excluding hydrogens is 844 g/mol. The van der Waals surface area contributed by atoms with E-state index in [4.69, 9.17) is 14.8 Å². The molecule has 7 rings (SSSR count). The number of aryl methyl sites for hydroxylation is 2. The van der Waals surface area contributed by atoms with Gasteiger partial charge in [-0.25, -0.2) is 4.98 Å². The fourth-order valence-electron chi connectivity index (χ4n) is 7.68. The number of hydrogen-bond acceptors (Lipinski definition) is 3. The maximum absolute atomic E-state index is 6.69. The number of aromatic nitrogens is 4. The largest absolute Gasteiger partial charge is 2.00 e. The van der Waals surface area contributed by atoms with Gasteiger partial charge >= 0.3 is 21.1 Å². The van der Waals surface area contributed by atoms with Crippen LogP contribution < -0.4 is 4.74 Å². The molecule has 0 spiro atoms. The number of hydrogen-bond donors (Lipinski definition) is 0. The molecule has 0 bridgehead atoms. The minimum absolute atomic E-state index is 0. The summed E-state index contributed by atoms with van der Waals surface area (Å²) < 4.78 is 10.9. The predicted molar refractivity (Wildman–Crippen MR) is 220 cm³/mol. The van der Waals surface area contributed by atoms with Crippen LogP contribution in [0.4, 0.5) is 0 Å². The maximum atomic E-state index is 6.69. The molecule has 6 heteroatoms. The van der Waals surface area contributed by atoms with Gasteiger partial charge in [-0.05, 0) is 88.5 Å². The third-order valence-corrected chi connectivity index (χ3v) is 10.3. The molecule has 0 aliphatic rings. The molecule has 4 aromatic carbocycles. The second kappa shape index (κ2) is 15.0. The molecule has 0 saturated heterocycles. The first kappa shape index (κ1) is 39.2. The zero-order chi connectivity index (χ0) is 37.8. The molecule has 0 unspecified atom stereocenters. The van der Waals surface area contributed by atoms with E-state index in [1.165, 1.54) is 27.8 Å². The summed E-state index contributed by atoms with van der Waals surface area (Å²) in [4.78, 5) is 4.82. The number of nitrogens with zero attached hydrogens (tertiary/aromatic N) is 4. The summed E-state index contributed by atoms with van der Waals surface area (Å²) in [5, 5.41) is 7.46. The minimum atomic E-state index is -0.0417. The zero-order valence-electron chi connectivity index (χ0n) is 33.6. The fraction of sp³-hybridized carbons (Fsp3) is 0.333. The average molecular weight is 896 g/mol. The van der Waals surface area contributed by atoms with E-state index in [0.29, 0.717) is 11.5 Å². The molecule has 0 aliphatic heterocycles. The van der Waals surface area contributed by atoms with Gasteiger partial charge in [0.1, 0.15) is 5.82 Å². The van der Waals surface area contributed by atoms with Crippen LogP contribution in [0, 0.1) is 26.0 Å². The van der Waals surface area contributed by atoms with Crippen molar-refractivity contribution in [1.82, 2.24) is 19.3 Å². The number of rotatable bonds is 8. The average Bonchev–Trinajstić information content (AvgIpc) is 3.59. The van der Waals surface area contributed by atoms with E-state index < -0.39 is 0 Å². The van der Waals surface area contributed by atoms with Gasteiger partial charge in [-0.15, -0.1) is 41.3 Å². The van der Waals surface area contributed by atoms with Gasteiger partial charge in [0.2, 0.25) is 0 Å². The van der Waals surface area contributed by atoms with Gasteiger partial charge in [0.05, 0.1) is 5.69 Å². The molecule has 3 heterocycles. The Bertz CT molecular complexity index is 2440. The van der Waals surface area contributed by atoms with E-state index in [2.05, 4.69) is 170 Å². The van der Waals surface area contributed by atoms with Crippen molar-refractivity contribution >= 4 is 21.8 Å². The molecule has 0 N–H and O–H groups in total. The van der Waals surface area contributed by atoms with E-state index >= 15 is 0 Å². The normalized spacial score (nSPS) is 12.1. The van der Waals surface area contributed by atoms with Crippen LogP contribution in [-0.2, 0) is 38.3 Å². The third-order valence-electron chi connectivity index (χ3n) is 10.3. The van der Waals surface area contributed by atoms with Crippen LogP contribution >= 0.6 is 0 Å². The van der Waals surface area contributed by atoms with Gasteiger partial charge in [0.15, 0.2) is 0 Å². The number of ether oxygens (including phenoxy) is 1. The van der Waals surface area contributed by atoms with Crippen LogP contribution in [0.1, 0.15) is 108 Å². The van der Waals surface area contributed by atoms with E-state index in [-0.39, 0.29) is 37.8 Å². The van der Waals surface area contributed by atoms with E-state index in [1.54, 1.807) is 0 Å². The predicted octanol–water partition coefficient (Wildman–Crippen LogP) is 12.7. The van der Waals surface area contributed by atoms with Gasteiger partial charge in [-0.2, -0.15) is 11.2 Å². The summed E-state index contributed by atoms with van der Waals surface area (Å²) in [6.45, 7) is 24.7. The molecule has 0 fully saturated rings. The summed E-state index contributed by atoms with van der Waals surface area (Å²) in [5.41, 5.74) is 12.4. The fourth-order valence-corrected chi connectivity index (χ4v) is 7.68. The van der Waals surface area contributed by atoms with Gasteiger partial charge in [0.25, 0.3) is 0 Å². The quantitative estimate of drug-likeness (QED) is 0.143. The van der Waals surface area contributed by atoms with Gasteiger partial charge in [-0.3, -0.25) is 4.68 Å². The molecule has 0 amide bonds. The number of fused-ring (bicyclic) bond motifs is 3. The Kier molecular flexibility index (Phi) is 10.9. The molecule has 5 nitrogen and oxygen atoms in total. The van der Waals surface area contributed by atoms with Crippen molar-refractivity contribution in [3.05, 3.63) is 131 Å². The van der Waals surface area contributed by atoms with Gasteiger partial charge in [-0.1, -0.05) is 111 Å². The first-order chi connectivity index (χ1) is 25.2. The van der Waals surface area contributed by atoms with E-state index in [9.17, 15) is 0 Å². The van der Waals surface area contributed by atoms with Crippen molar-refractivity contribution < 1.29 is 25.8 Å². The van der Waals surface area contributed by atoms with Crippen molar-refractivity contribution in [3.8, 4) is 34.1 Å². The molecule has 3 aromatic heterocycles. The van der Waals surface area contributed by atoms with Gasteiger partial charge < -0.3 is 9.30 Å². The van der Waals surface area contributed by atoms with Crippen LogP contribution in [0.25, 0.3) is 44.4 Å². The van der Waals surface area contributed by atoms with Crippen LogP contribution in [0.2, 0.25) is 0 Å². The SMILES string of the molecule is CCCc1ccnc(-n2c3[c-]c(Oc4[c-]c(-n5nc(C)c(-c6c(C(C)(C)C)cccc6C(C)(C)C)c5C)cc(C(C)C)c4)ccc3c3ccccc32)c1.[Pt+2]. The number of benzene rings is 4. The molecule has 54 heavy (non-hydrogen) atoms. The Labute approximate surface area is 336 Å². The smallest absolute Gasteiger partial charge is 0.509 e. The topological polar surface area (TPSA) is 44.9 Å². The maximum Gasteiger partial charge on any atom is 2.00 e. The molecular formula is C48H52N4OPt. The number of pyridine rings is 1. The van der Waals surface area contributed by atoms with Gasteiger partial charge in [0, 0.05) is 34.5 Å². The van der Waals surface area contributed by atoms with Crippen molar-refractivity contribution in [2.45, 2.75) is 106 Å². The van der Waals surface area contributed by atoms with Crippen LogP contribution in [0.3, 0.4) is 0 Å². The third kappa shape index (κ3) is 7.32.